The van der Waals surface area contributed by atoms with Crippen LogP contribution < -0.4 is 4.90 Å². The van der Waals surface area contributed by atoms with E-state index in [0.717, 1.165) is 35.9 Å². The Balaban J connectivity index is 1.26. The van der Waals surface area contributed by atoms with Gasteiger partial charge >= 0.3 is 0 Å². The third kappa shape index (κ3) is 3.32. The standard InChI is InChI=1S/C36H32N2O4/c1-36(2,3)18-12-14-20-25(16-18)29-30(31-28(20)24-10-6-7-11-27(24)37-31)35(42)38(34(29)41)19-13-15-23-26(17-19)33(40)22-9-5-4-8-21(22)32(23)39/h4-11,13,15,17-18,20,25,29-30,37H,12,14,16H2,1-3H3/t18-,20+,25+,29+,30-/m0/s1. The number of hydrogen-bond acceptors (Lipinski definition) is 4. The summed E-state index contributed by atoms with van der Waals surface area (Å²) in [6, 6.07) is 19.8. The maximum atomic E-state index is 14.4. The van der Waals surface area contributed by atoms with Gasteiger partial charge in [-0.3, -0.25) is 19.2 Å². The Morgan fingerprint density at radius 1 is 0.762 bits per heavy atom. The van der Waals surface area contributed by atoms with E-state index in [9.17, 15) is 19.2 Å². The van der Waals surface area contributed by atoms with Crippen molar-refractivity contribution >= 4 is 40.0 Å². The first-order chi connectivity index (χ1) is 20.1. The summed E-state index contributed by atoms with van der Waals surface area (Å²) in [5.41, 5.74) is 4.80. The van der Waals surface area contributed by atoms with Crippen molar-refractivity contribution in [2.45, 2.75) is 51.9 Å². The molecule has 2 fully saturated rings. The molecule has 42 heavy (non-hydrogen) atoms. The molecule has 6 nitrogen and oxygen atoms in total. The lowest BCUT2D eigenvalue weighted by molar-refractivity contribution is -0.123. The number of fused-ring (bicyclic) bond motifs is 10. The Morgan fingerprint density at radius 2 is 1.43 bits per heavy atom. The van der Waals surface area contributed by atoms with Gasteiger partial charge in [0.05, 0.1) is 17.5 Å². The summed E-state index contributed by atoms with van der Waals surface area (Å²) in [5, 5.41) is 1.14. The summed E-state index contributed by atoms with van der Waals surface area (Å²) < 4.78 is 0. The van der Waals surface area contributed by atoms with Crippen LogP contribution in [-0.4, -0.2) is 28.4 Å². The number of ketones is 2. The number of aromatic amines is 1. The van der Waals surface area contributed by atoms with Crippen LogP contribution >= 0.6 is 0 Å². The van der Waals surface area contributed by atoms with E-state index in [1.807, 2.05) is 18.2 Å². The molecule has 0 unspecified atom stereocenters. The van der Waals surface area contributed by atoms with Gasteiger partial charge in [-0.15, -0.1) is 0 Å². The number of carbonyl (C=O) groups is 4. The van der Waals surface area contributed by atoms with Crippen molar-refractivity contribution in [3.05, 3.63) is 100 Å². The van der Waals surface area contributed by atoms with Crippen LogP contribution in [0.2, 0.25) is 0 Å². The third-order valence-corrected chi connectivity index (χ3v) is 10.6. The van der Waals surface area contributed by atoms with Crippen LogP contribution in [0.3, 0.4) is 0 Å². The van der Waals surface area contributed by atoms with Crippen LogP contribution in [0.4, 0.5) is 5.69 Å². The SMILES string of the molecule is CC(C)(C)[C@H]1CC[C@H]2c3c([nH]c4ccccc34)[C@H]3C(=O)N(c4ccc5c(c4)C(=O)c4ccccc4C5=O)C(=O)[C@@H]3[C@@H]2C1. The molecule has 2 heterocycles. The highest BCUT2D eigenvalue weighted by atomic mass is 16.2. The minimum atomic E-state index is -0.603. The molecule has 1 N–H and O–H groups in total. The van der Waals surface area contributed by atoms with Gasteiger partial charge in [0.2, 0.25) is 11.8 Å². The Bertz CT molecular complexity index is 1870. The lowest BCUT2D eigenvalue weighted by atomic mass is 9.56. The topological polar surface area (TPSA) is 87.3 Å². The molecule has 3 aromatic carbocycles. The fourth-order valence-electron chi connectivity index (χ4n) is 8.48. The predicted octanol–water partition coefficient (Wildman–Crippen LogP) is 6.78. The van der Waals surface area contributed by atoms with E-state index < -0.39 is 11.8 Å². The van der Waals surface area contributed by atoms with Gasteiger partial charge in [0.25, 0.3) is 0 Å². The molecule has 8 rings (SSSR count). The van der Waals surface area contributed by atoms with E-state index in [1.54, 1.807) is 42.5 Å². The molecule has 1 aliphatic heterocycles. The van der Waals surface area contributed by atoms with Gasteiger partial charge in [-0.2, -0.15) is 0 Å². The molecule has 0 radical (unpaired) electrons. The average Bonchev–Trinajstić information content (AvgIpc) is 3.50. The summed E-state index contributed by atoms with van der Waals surface area (Å²) in [7, 11) is 0. The quantitative estimate of drug-likeness (QED) is 0.231. The number of nitrogens with one attached hydrogen (secondary N) is 1. The zero-order valence-corrected chi connectivity index (χ0v) is 23.9. The normalized spacial score (nSPS) is 26.5. The highest BCUT2D eigenvalue weighted by Gasteiger charge is 2.59. The molecule has 4 aliphatic rings. The van der Waals surface area contributed by atoms with Gasteiger partial charge in [0.15, 0.2) is 11.6 Å². The molecule has 210 valence electrons. The number of benzene rings is 3. The smallest absolute Gasteiger partial charge is 0.243 e. The summed E-state index contributed by atoms with van der Waals surface area (Å²) in [6.45, 7) is 6.81. The summed E-state index contributed by atoms with van der Waals surface area (Å²) in [4.78, 5) is 60.4. The van der Waals surface area contributed by atoms with Crippen molar-refractivity contribution in [1.82, 2.24) is 4.98 Å². The van der Waals surface area contributed by atoms with Crippen LogP contribution in [0.5, 0.6) is 0 Å². The number of rotatable bonds is 1. The number of aromatic nitrogens is 1. The maximum absolute atomic E-state index is 14.4. The second-order valence-corrected chi connectivity index (χ2v) is 13.6. The van der Waals surface area contributed by atoms with Crippen LogP contribution in [0, 0.1) is 23.2 Å². The highest BCUT2D eigenvalue weighted by molar-refractivity contribution is 6.30. The number of anilines is 1. The van der Waals surface area contributed by atoms with Crippen LogP contribution in [-0.2, 0) is 9.59 Å². The van der Waals surface area contributed by atoms with Crippen molar-refractivity contribution < 1.29 is 19.2 Å². The molecule has 0 spiro atoms. The van der Waals surface area contributed by atoms with E-state index in [0.29, 0.717) is 28.3 Å². The molecule has 1 aromatic heterocycles. The van der Waals surface area contributed by atoms with Gasteiger partial charge in [0, 0.05) is 38.9 Å². The monoisotopic (exact) mass is 556 g/mol. The molecule has 3 aliphatic carbocycles. The minimum absolute atomic E-state index is 0.0499. The Kier molecular flexibility index (Phi) is 5.20. The van der Waals surface area contributed by atoms with Crippen molar-refractivity contribution in [3.63, 3.8) is 0 Å². The zero-order chi connectivity index (χ0) is 29.1. The fourth-order valence-corrected chi connectivity index (χ4v) is 8.48. The molecule has 0 bridgehead atoms. The Hall–Kier alpha value is -4.32. The van der Waals surface area contributed by atoms with Crippen LogP contribution in [0.15, 0.2) is 66.7 Å². The molecule has 6 heteroatoms. The van der Waals surface area contributed by atoms with E-state index in [1.165, 1.54) is 10.5 Å². The number of para-hydroxylation sites is 1. The molecule has 2 amide bonds. The van der Waals surface area contributed by atoms with Crippen molar-refractivity contribution in [2.24, 2.45) is 23.2 Å². The number of carbonyl (C=O) groups excluding carboxylic acids is 4. The van der Waals surface area contributed by atoms with Crippen molar-refractivity contribution in [2.75, 3.05) is 4.90 Å². The van der Waals surface area contributed by atoms with Gasteiger partial charge in [-0.05, 0) is 72.3 Å². The van der Waals surface area contributed by atoms with Gasteiger partial charge in [-0.25, -0.2) is 4.90 Å². The Morgan fingerprint density at radius 3 is 2.17 bits per heavy atom. The first-order valence-corrected chi connectivity index (χ1v) is 15.0. The van der Waals surface area contributed by atoms with E-state index in [2.05, 4.69) is 31.8 Å². The largest absolute Gasteiger partial charge is 0.357 e. The van der Waals surface area contributed by atoms with Crippen molar-refractivity contribution in [3.8, 4) is 0 Å². The van der Waals surface area contributed by atoms with Gasteiger partial charge in [0.1, 0.15) is 0 Å². The van der Waals surface area contributed by atoms with Crippen LogP contribution in [0.25, 0.3) is 10.9 Å². The Labute approximate surface area is 244 Å². The summed E-state index contributed by atoms with van der Waals surface area (Å²) >= 11 is 0. The number of hydrogen-bond donors (Lipinski definition) is 1. The van der Waals surface area contributed by atoms with Crippen molar-refractivity contribution in [1.29, 1.82) is 0 Å². The first-order valence-electron chi connectivity index (χ1n) is 15.0. The molecule has 1 saturated carbocycles. The van der Waals surface area contributed by atoms with E-state index >= 15 is 0 Å². The number of amides is 2. The maximum Gasteiger partial charge on any atom is 0.243 e. The number of H-pyrrole nitrogens is 1. The predicted molar refractivity (Wildman–Crippen MR) is 160 cm³/mol. The third-order valence-electron chi connectivity index (χ3n) is 10.6. The summed E-state index contributed by atoms with van der Waals surface area (Å²) in [6.07, 6.45) is 2.98. The molecular weight excluding hydrogens is 524 g/mol. The second kappa shape index (κ2) is 8.60. The minimum Gasteiger partial charge on any atom is -0.357 e. The zero-order valence-electron chi connectivity index (χ0n) is 23.9. The highest BCUT2D eigenvalue weighted by Crippen LogP contribution is 2.60. The second-order valence-electron chi connectivity index (χ2n) is 13.6. The number of imide groups is 1. The van der Waals surface area contributed by atoms with Gasteiger partial charge in [-0.1, -0.05) is 63.2 Å². The lowest BCUT2D eigenvalue weighted by Crippen LogP contribution is -2.41. The number of nitrogens with zero attached hydrogens (tertiary/aromatic N) is 1. The summed E-state index contributed by atoms with van der Waals surface area (Å²) in [5.74, 6) is -1.32. The van der Waals surface area contributed by atoms with E-state index in [4.69, 9.17) is 0 Å². The fraction of sp³-hybridized carbons (Fsp3) is 0.333. The van der Waals surface area contributed by atoms with Crippen LogP contribution in [0.1, 0.15) is 95.0 Å². The lowest BCUT2D eigenvalue weighted by Gasteiger charge is -2.47. The first kappa shape index (κ1) is 25.4. The van der Waals surface area contributed by atoms with E-state index in [-0.39, 0.29) is 46.2 Å². The molecule has 1 saturated heterocycles. The molecule has 4 aromatic rings. The average molecular weight is 557 g/mol. The van der Waals surface area contributed by atoms with Gasteiger partial charge < -0.3 is 4.98 Å². The molecule has 5 atom stereocenters. The molecular formula is C36H32N2O4.